The third-order valence-electron chi connectivity index (χ3n) is 4.87. The van der Waals surface area contributed by atoms with Gasteiger partial charge in [-0.05, 0) is 47.9 Å². The first-order chi connectivity index (χ1) is 14.5. The van der Waals surface area contributed by atoms with E-state index in [9.17, 15) is 9.59 Å². The summed E-state index contributed by atoms with van der Waals surface area (Å²) in [7, 11) is 0. The van der Waals surface area contributed by atoms with E-state index in [0.717, 1.165) is 32.1 Å². The lowest BCUT2D eigenvalue weighted by Gasteiger charge is -2.06. The van der Waals surface area contributed by atoms with Gasteiger partial charge in [0, 0.05) is 0 Å². The number of nitrogens with zero attached hydrogens (tertiary/aromatic N) is 2. The molecule has 0 fully saturated rings. The van der Waals surface area contributed by atoms with Gasteiger partial charge in [-0.3, -0.25) is 9.59 Å². The number of carbonyl (C=O) groups is 2. The molecule has 0 saturated heterocycles. The Hall–Kier alpha value is -3.25. The molecule has 4 rings (SSSR count). The molecule has 5 nitrogen and oxygen atoms in total. The summed E-state index contributed by atoms with van der Waals surface area (Å²) in [6.45, 7) is 4.12. The van der Waals surface area contributed by atoms with Crippen LogP contribution >= 0.6 is 11.3 Å². The average molecular weight is 419 g/mol. The van der Waals surface area contributed by atoms with Crippen molar-refractivity contribution in [2.24, 2.45) is 4.99 Å². The first-order valence-corrected chi connectivity index (χ1v) is 10.7. The molecule has 1 amide bonds. The highest BCUT2D eigenvalue weighted by atomic mass is 32.1. The van der Waals surface area contributed by atoms with Gasteiger partial charge in [0.25, 0.3) is 5.91 Å². The molecule has 6 heteroatoms. The topological polar surface area (TPSA) is 60.7 Å². The van der Waals surface area contributed by atoms with E-state index in [2.05, 4.69) is 4.99 Å². The summed E-state index contributed by atoms with van der Waals surface area (Å²) in [5.74, 6) is -0.590. The van der Waals surface area contributed by atoms with Crippen molar-refractivity contribution in [3.63, 3.8) is 0 Å². The number of benzene rings is 3. The number of esters is 1. The van der Waals surface area contributed by atoms with E-state index in [4.69, 9.17) is 4.74 Å². The standard InChI is InChI=1S/C24H22N2O3S/c1-3-29-23(28)15-26-20-12-11-16(2)13-21(20)30-24(26)25-22(27)14-18-9-6-8-17-7-4-5-10-19(17)18/h4-13H,3,14-15H2,1-2H3. The van der Waals surface area contributed by atoms with Crippen LogP contribution in [0.1, 0.15) is 18.1 Å². The molecule has 0 aliphatic heterocycles. The zero-order chi connectivity index (χ0) is 21.1. The molecule has 3 aromatic carbocycles. The summed E-state index contributed by atoms with van der Waals surface area (Å²) in [4.78, 5) is 29.9. The minimum Gasteiger partial charge on any atom is -0.465 e. The molecule has 0 saturated carbocycles. The number of thiazole rings is 1. The van der Waals surface area contributed by atoms with Crippen LogP contribution in [0.5, 0.6) is 0 Å². The molecule has 0 bridgehead atoms. The summed E-state index contributed by atoms with van der Waals surface area (Å²) >= 11 is 1.41. The summed E-state index contributed by atoms with van der Waals surface area (Å²) < 4.78 is 7.85. The molecule has 152 valence electrons. The van der Waals surface area contributed by atoms with Crippen molar-refractivity contribution in [1.29, 1.82) is 0 Å². The van der Waals surface area contributed by atoms with Crippen molar-refractivity contribution >= 4 is 44.2 Å². The molecule has 0 aliphatic rings. The van der Waals surface area contributed by atoms with Gasteiger partial charge in [-0.2, -0.15) is 4.99 Å². The minimum atomic E-state index is -0.347. The zero-order valence-electron chi connectivity index (χ0n) is 16.9. The lowest BCUT2D eigenvalue weighted by Crippen LogP contribution is -2.23. The average Bonchev–Trinajstić information content (AvgIpc) is 3.04. The van der Waals surface area contributed by atoms with Crippen molar-refractivity contribution in [2.75, 3.05) is 6.61 Å². The number of hydrogen-bond donors (Lipinski definition) is 0. The maximum Gasteiger partial charge on any atom is 0.326 e. The third kappa shape index (κ3) is 4.19. The van der Waals surface area contributed by atoms with E-state index in [1.807, 2.05) is 67.6 Å². The van der Waals surface area contributed by atoms with Gasteiger partial charge in [0.05, 0.1) is 23.2 Å². The van der Waals surface area contributed by atoms with Gasteiger partial charge in [0.15, 0.2) is 4.80 Å². The molecular weight excluding hydrogens is 396 g/mol. The van der Waals surface area contributed by atoms with Crippen molar-refractivity contribution in [1.82, 2.24) is 4.57 Å². The second-order valence-corrected chi connectivity index (χ2v) is 8.08. The Balaban J connectivity index is 1.73. The van der Waals surface area contributed by atoms with E-state index in [-0.39, 0.29) is 24.8 Å². The Morgan fingerprint density at radius 1 is 1.07 bits per heavy atom. The number of hydrogen-bond acceptors (Lipinski definition) is 4. The smallest absolute Gasteiger partial charge is 0.326 e. The van der Waals surface area contributed by atoms with Crippen molar-refractivity contribution < 1.29 is 14.3 Å². The molecular formula is C24H22N2O3S. The van der Waals surface area contributed by atoms with Crippen LogP contribution in [-0.2, 0) is 27.3 Å². The van der Waals surface area contributed by atoms with Crippen molar-refractivity contribution in [3.05, 3.63) is 76.6 Å². The van der Waals surface area contributed by atoms with E-state index in [1.54, 1.807) is 11.5 Å². The van der Waals surface area contributed by atoms with Crippen LogP contribution in [0.25, 0.3) is 21.0 Å². The van der Waals surface area contributed by atoms with Crippen molar-refractivity contribution in [3.8, 4) is 0 Å². The third-order valence-corrected chi connectivity index (χ3v) is 5.91. The van der Waals surface area contributed by atoms with E-state index in [0.29, 0.717) is 11.4 Å². The highest BCUT2D eigenvalue weighted by Crippen LogP contribution is 2.21. The predicted molar refractivity (Wildman–Crippen MR) is 119 cm³/mol. The maximum absolute atomic E-state index is 12.8. The predicted octanol–water partition coefficient (Wildman–Crippen LogP) is 4.40. The minimum absolute atomic E-state index is 0.0251. The van der Waals surface area contributed by atoms with E-state index >= 15 is 0 Å². The highest BCUT2D eigenvalue weighted by molar-refractivity contribution is 7.16. The molecule has 0 aliphatic carbocycles. The Labute approximate surface area is 178 Å². The largest absolute Gasteiger partial charge is 0.465 e. The fraction of sp³-hybridized carbons (Fsp3) is 0.208. The van der Waals surface area contributed by atoms with Gasteiger partial charge in [-0.15, -0.1) is 0 Å². The van der Waals surface area contributed by atoms with E-state index < -0.39 is 0 Å². The maximum atomic E-state index is 12.8. The van der Waals surface area contributed by atoms with Gasteiger partial charge in [-0.1, -0.05) is 59.9 Å². The van der Waals surface area contributed by atoms with Crippen LogP contribution in [0.4, 0.5) is 0 Å². The Morgan fingerprint density at radius 3 is 2.70 bits per heavy atom. The number of fused-ring (bicyclic) bond motifs is 2. The molecule has 0 radical (unpaired) electrons. The van der Waals surface area contributed by atoms with Gasteiger partial charge in [-0.25, -0.2) is 0 Å². The zero-order valence-corrected chi connectivity index (χ0v) is 17.7. The lowest BCUT2D eigenvalue weighted by atomic mass is 10.0. The summed E-state index contributed by atoms with van der Waals surface area (Å²) in [5.41, 5.74) is 2.92. The lowest BCUT2D eigenvalue weighted by molar-refractivity contribution is -0.143. The first-order valence-electron chi connectivity index (χ1n) is 9.85. The van der Waals surface area contributed by atoms with Crippen LogP contribution in [0.2, 0.25) is 0 Å². The van der Waals surface area contributed by atoms with Crippen LogP contribution in [0.15, 0.2) is 65.7 Å². The van der Waals surface area contributed by atoms with Crippen molar-refractivity contribution in [2.45, 2.75) is 26.8 Å². The number of aryl methyl sites for hydroxylation is 1. The summed E-state index contributed by atoms with van der Waals surface area (Å²) in [6.07, 6.45) is 0.202. The van der Waals surface area contributed by atoms with Gasteiger partial charge in [0.1, 0.15) is 6.54 Å². The summed E-state index contributed by atoms with van der Waals surface area (Å²) in [6, 6.07) is 19.9. The number of ether oxygens (including phenoxy) is 1. The van der Waals surface area contributed by atoms with E-state index in [1.165, 1.54) is 11.3 Å². The van der Waals surface area contributed by atoms with Crippen LogP contribution < -0.4 is 4.80 Å². The summed E-state index contributed by atoms with van der Waals surface area (Å²) in [5, 5.41) is 2.15. The number of rotatable bonds is 5. The van der Waals surface area contributed by atoms with Crippen LogP contribution in [-0.4, -0.2) is 23.1 Å². The number of carbonyl (C=O) groups excluding carboxylic acids is 2. The molecule has 1 heterocycles. The molecule has 0 spiro atoms. The fourth-order valence-electron chi connectivity index (χ4n) is 3.51. The molecule has 30 heavy (non-hydrogen) atoms. The molecule has 0 unspecified atom stereocenters. The van der Waals surface area contributed by atoms with Gasteiger partial charge in [0.2, 0.25) is 0 Å². The molecule has 1 aromatic heterocycles. The Morgan fingerprint density at radius 2 is 1.87 bits per heavy atom. The highest BCUT2D eigenvalue weighted by Gasteiger charge is 2.13. The van der Waals surface area contributed by atoms with Gasteiger partial charge < -0.3 is 9.30 Å². The normalized spacial score (nSPS) is 11.9. The fourth-order valence-corrected chi connectivity index (χ4v) is 4.65. The quantitative estimate of drug-likeness (QED) is 0.452. The Bertz CT molecular complexity index is 1310. The molecule has 0 N–H and O–H groups in total. The first kappa shape index (κ1) is 20.0. The molecule has 4 aromatic rings. The molecule has 0 atom stereocenters. The Kier molecular flexibility index (Phi) is 5.77. The monoisotopic (exact) mass is 418 g/mol. The second kappa shape index (κ2) is 8.63. The van der Waals surface area contributed by atoms with Crippen LogP contribution in [0.3, 0.4) is 0 Å². The van der Waals surface area contributed by atoms with Crippen LogP contribution in [0, 0.1) is 6.92 Å². The number of aromatic nitrogens is 1. The van der Waals surface area contributed by atoms with Gasteiger partial charge >= 0.3 is 5.97 Å². The second-order valence-electron chi connectivity index (χ2n) is 7.07. The SMILES string of the molecule is CCOC(=O)Cn1c(=NC(=O)Cc2cccc3ccccc23)sc2cc(C)ccc21. The number of amides is 1.